The summed E-state index contributed by atoms with van der Waals surface area (Å²) in [6.45, 7) is 7.17. The van der Waals surface area contributed by atoms with Gasteiger partial charge in [-0.05, 0) is 117 Å². The van der Waals surface area contributed by atoms with E-state index < -0.39 is 28.8 Å². The van der Waals surface area contributed by atoms with Crippen molar-refractivity contribution < 1.29 is 38.4 Å². The standard InChI is InChI=1S/C34H37F2NO6/c1-17-5-22(42-15-19-12-33(3,40)34(4,41)13-19)6-18(2)31(17)25-8-21(27(35)11-28(25)36)16-43-29-9-20-7-23-24(10-30(38)39)32(23)26(20)14-37-29/h5-6,8-9,11,14,19,23-24,32,40-41H,7,10,12-13,15-16H2,1-4H3,(H,38,39)/t19?,23-,24-,32-,33?,34?/m0/s1. The molecule has 9 heteroatoms. The van der Waals surface area contributed by atoms with E-state index in [9.17, 15) is 19.4 Å². The van der Waals surface area contributed by atoms with Crippen molar-refractivity contribution in [2.75, 3.05) is 6.61 Å². The maximum absolute atomic E-state index is 15.1. The van der Waals surface area contributed by atoms with Gasteiger partial charge in [0, 0.05) is 35.9 Å². The zero-order valence-corrected chi connectivity index (χ0v) is 24.8. The molecule has 0 amide bonds. The number of carboxylic acids is 1. The fourth-order valence-electron chi connectivity index (χ4n) is 7.41. The first-order valence-corrected chi connectivity index (χ1v) is 14.7. The summed E-state index contributed by atoms with van der Waals surface area (Å²) in [7, 11) is 0. The minimum Gasteiger partial charge on any atom is -0.493 e. The fourth-order valence-corrected chi connectivity index (χ4v) is 7.41. The Bertz CT molecular complexity index is 1560. The minimum absolute atomic E-state index is 0.0120. The lowest BCUT2D eigenvalue weighted by molar-refractivity contribution is -0.137. The second-order valence-electron chi connectivity index (χ2n) is 13.2. The predicted octanol–water partition coefficient (Wildman–Crippen LogP) is 5.87. The van der Waals surface area contributed by atoms with Crippen LogP contribution < -0.4 is 9.47 Å². The molecule has 0 bridgehead atoms. The normalized spacial score (nSPS) is 28.8. The smallest absolute Gasteiger partial charge is 0.303 e. The Labute approximate surface area is 249 Å². The highest BCUT2D eigenvalue weighted by Crippen LogP contribution is 2.62. The monoisotopic (exact) mass is 593 g/mol. The molecule has 0 spiro atoms. The molecule has 43 heavy (non-hydrogen) atoms. The van der Waals surface area contributed by atoms with E-state index in [0.29, 0.717) is 42.6 Å². The molecule has 1 heterocycles. The van der Waals surface area contributed by atoms with E-state index in [-0.39, 0.29) is 41.9 Å². The lowest BCUT2D eigenvalue weighted by atomic mass is 9.90. The Morgan fingerprint density at radius 3 is 2.33 bits per heavy atom. The van der Waals surface area contributed by atoms with Gasteiger partial charge in [-0.25, -0.2) is 13.8 Å². The summed E-state index contributed by atoms with van der Waals surface area (Å²) in [6, 6.07) is 7.81. The highest BCUT2D eigenvalue weighted by Gasteiger charge is 2.56. The lowest BCUT2D eigenvalue weighted by Gasteiger charge is -2.31. The molecular formula is C34H37F2NO6. The molecule has 2 fully saturated rings. The Hall–Kier alpha value is -3.56. The van der Waals surface area contributed by atoms with Crippen molar-refractivity contribution in [2.24, 2.45) is 17.8 Å². The Balaban J connectivity index is 1.15. The molecule has 7 nitrogen and oxygen atoms in total. The zero-order valence-electron chi connectivity index (χ0n) is 24.8. The molecule has 0 saturated heterocycles. The maximum atomic E-state index is 15.1. The number of aliphatic carboxylic acids is 1. The lowest BCUT2D eigenvalue weighted by Crippen LogP contribution is -2.44. The van der Waals surface area contributed by atoms with Crippen LogP contribution in [-0.4, -0.2) is 44.1 Å². The van der Waals surface area contributed by atoms with Crippen LogP contribution in [0.4, 0.5) is 8.78 Å². The van der Waals surface area contributed by atoms with Crippen LogP contribution in [0.15, 0.2) is 36.5 Å². The third-order valence-electron chi connectivity index (χ3n) is 9.86. The summed E-state index contributed by atoms with van der Waals surface area (Å²) >= 11 is 0. The highest BCUT2D eigenvalue weighted by molar-refractivity contribution is 5.73. The first-order chi connectivity index (χ1) is 20.2. The van der Waals surface area contributed by atoms with Crippen LogP contribution in [0.3, 0.4) is 0 Å². The van der Waals surface area contributed by atoms with Crippen LogP contribution >= 0.6 is 0 Å². The highest BCUT2D eigenvalue weighted by atomic mass is 19.1. The number of aryl methyl sites for hydroxylation is 2. The fraction of sp³-hybridized carbons (Fsp3) is 0.471. The van der Waals surface area contributed by atoms with Gasteiger partial charge in [0.05, 0.1) is 17.8 Å². The van der Waals surface area contributed by atoms with Crippen molar-refractivity contribution in [3.63, 3.8) is 0 Å². The van der Waals surface area contributed by atoms with Gasteiger partial charge >= 0.3 is 5.97 Å². The number of nitrogens with zero attached hydrogens (tertiary/aromatic N) is 1. The first-order valence-electron chi connectivity index (χ1n) is 14.7. The Kier molecular flexibility index (Phi) is 7.25. The molecule has 228 valence electrons. The van der Waals surface area contributed by atoms with Gasteiger partial charge < -0.3 is 24.8 Å². The number of carboxylic acid groups (broad SMARTS) is 1. The van der Waals surface area contributed by atoms with Crippen molar-refractivity contribution in [1.29, 1.82) is 0 Å². The van der Waals surface area contributed by atoms with Crippen LogP contribution in [0, 0.1) is 43.2 Å². The molecule has 6 rings (SSSR count). The quantitative estimate of drug-likeness (QED) is 0.285. The second-order valence-corrected chi connectivity index (χ2v) is 13.2. The van der Waals surface area contributed by atoms with Gasteiger partial charge in [0.25, 0.3) is 0 Å². The molecule has 0 aliphatic heterocycles. The van der Waals surface area contributed by atoms with E-state index in [4.69, 9.17) is 14.6 Å². The third kappa shape index (κ3) is 5.49. The molecule has 3 aliphatic rings. The number of ether oxygens (including phenoxy) is 2. The largest absolute Gasteiger partial charge is 0.493 e. The van der Waals surface area contributed by atoms with Gasteiger partial charge in [-0.3, -0.25) is 4.79 Å². The average Bonchev–Trinajstić information content (AvgIpc) is 3.31. The van der Waals surface area contributed by atoms with Crippen LogP contribution in [0.25, 0.3) is 11.1 Å². The molecule has 3 N–H and O–H groups in total. The molecule has 5 atom stereocenters. The summed E-state index contributed by atoms with van der Waals surface area (Å²) in [5, 5.41) is 30.1. The molecular weight excluding hydrogens is 556 g/mol. The number of fused-ring (bicyclic) bond motifs is 3. The molecule has 0 radical (unpaired) electrons. The number of aromatic nitrogens is 1. The van der Waals surface area contributed by atoms with E-state index >= 15 is 4.39 Å². The Morgan fingerprint density at radius 2 is 1.67 bits per heavy atom. The van der Waals surface area contributed by atoms with Gasteiger partial charge in [0.15, 0.2) is 0 Å². The Morgan fingerprint density at radius 1 is 1.00 bits per heavy atom. The number of halogens is 2. The summed E-state index contributed by atoms with van der Waals surface area (Å²) in [6.07, 6.45) is 3.54. The zero-order chi connectivity index (χ0) is 30.8. The number of aliphatic hydroxyl groups is 2. The topological polar surface area (TPSA) is 109 Å². The van der Waals surface area contributed by atoms with Gasteiger partial charge in [-0.2, -0.15) is 0 Å². The number of carbonyl (C=O) groups is 1. The van der Waals surface area contributed by atoms with Crippen molar-refractivity contribution in [1.82, 2.24) is 4.98 Å². The SMILES string of the molecule is Cc1cc(OCC2CC(C)(O)C(C)(O)C2)cc(C)c1-c1cc(COc2cc3c(cn2)[C@@H]2[C@@H](CC(=O)O)[C@@H]2C3)c(F)cc1F. The summed E-state index contributed by atoms with van der Waals surface area (Å²) < 4.78 is 41.8. The third-order valence-corrected chi connectivity index (χ3v) is 9.86. The summed E-state index contributed by atoms with van der Waals surface area (Å²) in [5.74, 6) is -0.494. The molecule has 2 saturated carbocycles. The summed E-state index contributed by atoms with van der Waals surface area (Å²) in [4.78, 5) is 15.5. The van der Waals surface area contributed by atoms with E-state index in [2.05, 4.69) is 4.98 Å². The van der Waals surface area contributed by atoms with Crippen molar-refractivity contribution in [2.45, 2.75) is 77.1 Å². The maximum Gasteiger partial charge on any atom is 0.303 e. The molecule has 3 aromatic rings. The van der Waals surface area contributed by atoms with E-state index in [1.807, 2.05) is 32.0 Å². The van der Waals surface area contributed by atoms with Gasteiger partial charge in [-0.1, -0.05) is 0 Å². The minimum atomic E-state index is -1.18. The average molecular weight is 594 g/mol. The van der Waals surface area contributed by atoms with Gasteiger partial charge in [0.2, 0.25) is 5.88 Å². The second kappa shape index (κ2) is 10.6. The van der Waals surface area contributed by atoms with Gasteiger partial charge in [-0.15, -0.1) is 0 Å². The first kappa shape index (κ1) is 29.5. The van der Waals surface area contributed by atoms with Crippen LogP contribution in [-0.2, 0) is 17.8 Å². The van der Waals surface area contributed by atoms with Crippen molar-refractivity contribution >= 4 is 5.97 Å². The van der Waals surface area contributed by atoms with Crippen LogP contribution in [0.5, 0.6) is 11.6 Å². The molecule has 2 unspecified atom stereocenters. The van der Waals surface area contributed by atoms with Gasteiger partial charge in [0.1, 0.15) is 24.0 Å². The van der Waals surface area contributed by atoms with E-state index in [1.54, 1.807) is 20.0 Å². The molecule has 3 aliphatic carbocycles. The summed E-state index contributed by atoms with van der Waals surface area (Å²) in [5.41, 5.74) is 2.42. The number of benzene rings is 2. The van der Waals surface area contributed by atoms with Crippen LogP contribution in [0.1, 0.15) is 66.8 Å². The number of hydrogen-bond acceptors (Lipinski definition) is 6. The number of pyridine rings is 1. The number of hydrogen-bond donors (Lipinski definition) is 3. The van der Waals surface area contributed by atoms with E-state index in [0.717, 1.165) is 34.7 Å². The van der Waals surface area contributed by atoms with Crippen molar-refractivity contribution in [3.05, 3.63) is 76.0 Å². The molecule has 1 aromatic heterocycles. The van der Waals surface area contributed by atoms with Crippen molar-refractivity contribution in [3.8, 4) is 22.8 Å². The predicted molar refractivity (Wildman–Crippen MR) is 155 cm³/mol. The number of rotatable bonds is 9. The van der Waals surface area contributed by atoms with Crippen LogP contribution in [0.2, 0.25) is 0 Å². The van der Waals surface area contributed by atoms with E-state index in [1.165, 1.54) is 6.07 Å². The molecule has 2 aromatic carbocycles.